The number of likely N-dealkylation sites (tertiary alicyclic amines) is 1. The first-order valence-corrected chi connectivity index (χ1v) is 12.7. The lowest BCUT2D eigenvalue weighted by Gasteiger charge is -2.41. The molecule has 2 saturated heterocycles. The van der Waals surface area contributed by atoms with Crippen molar-refractivity contribution in [2.45, 2.75) is 31.2 Å². The molecule has 0 aliphatic carbocycles. The van der Waals surface area contributed by atoms with Gasteiger partial charge in [-0.1, -0.05) is 48.5 Å². The number of benzene rings is 2. The summed E-state index contributed by atoms with van der Waals surface area (Å²) >= 11 is 0. The lowest BCUT2D eigenvalue weighted by molar-refractivity contribution is -0.137. The summed E-state index contributed by atoms with van der Waals surface area (Å²) in [5.74, 6) is 0.422. The van der Waals surface area contributed by atoms with Crippen molar-refractivity contribution >= 4 is 17.8 Å². The van der Waals surface area contributed by atoms with Crippen molar-refractivity contribution in [3.8, 4) is 5.75 Å². The maximum Gasteiger partial charge on any atom is 0.325 e. The van der Waals surface area contributed by atoms with Gasteiger partial charge in [0.15, 0.2) is 6.61 Å². The zero-order valence-corrected chi connectivity index (χ0v) is 21.2. The minimum absolute atomic E-state index is 0.0121. The van der Waals surface area contributed by atoms with Crippen LogP contribution in [0.4, 0.5) is 4.79 Å². The number of piperidine rings is 1. The third kappa shape index (κ3) is 5.87. The molecular formula is C28H36N4O4. The van der Waals surface area contributed by atoms with Crippen LogP contribution in [0.1, 0.15) is 24.8 Å². The number of ether oxygens (including phenoxy) is 1. The van der Waals surface area contributed by atoms with E-state index in [1.54, 1.807) is 4.90 Å². The van der Waals surface area contributed by atoms with Crippen LogP contribution in [0, 0.1) is 5.92 Å². The molecule has 36 heavy (non-hydrogen) atoms. The quantitative estimate of drug-likeness (QED) is 0.516. The highest BCUT2D eigenvalue weighted by Gasteiger charge is 2.55. The average Bonchev–Trinajstić information content (AvgIpc) is 3.15. The second-order valence-electron chi connectivity index (χ2n) is 9.90. The first-order valence-electron chi connectivity index (χ1n) is 12.7. The molecule has 8 heteroatoms. The van der Waals surface area contributed by atoms with Gasteiger partial charge in [0.25, 0.3) is 11.8 Å². The van der Waals surface area contributed by atoms with E-state index in [1.807, 2.05) is 79.7 Å². The van der Waals surface area contributed by atoms with E-state index in [9.17, 15) is 14.4 Å². The van der Waals surface area contributed by atoms with Gasteiger partial charge in [-0.15, -0.1) is 0 Å². The fraction of sp³-hybridized carbons (Fsp3) is 0.464. The third-order valence-electron chi connectivity index (χ3n) is 7.27. The van der Waals surface area contributed by atoms with Gasteiger partial charge in [-0.3, -0.25) is 14.5 Å². The lowest BCUT2D eigenvalue weighted by atomic mass is 9.74. The maximum absolute atomic E-state index is 13.8. The largest absolute Gasteiger partial charge is 0.484 e. The maximum atomic E-state index is 13.8. The van der Waals surface area contributed by atoms with Gasteiger partial charge in [0, 0.05) is 26.2 Å². The van der Waals surface area contributed by atoms with E-state index in [4.69, 9.17) is 4.74 Å². The second-order valence-corrected chi connectivity index (χ2v) is 9.90. The summed E-state index contributed by atoms with van der Waals surface area (Å²) < 4.78 is 5.63. The summed E-state index contributed by atoms with van der Waals surface area (Å²) in [6, 6.07) is 19.0. The molecule has 1 N–H and O–H groups in total. The van der Waals surface area contributed by atoms with Gasteiger partial charge in [0.2, 0.25) is 0 Å². The van der Waals surface area contributed by atoms with Gasteiger partial charge in [0.05, 0.1) is 0 Å². The van der Waals surface area contributed by atoms with Gasteiger partial charge in [-0.05, 0) is 63.4 Å². The SMILES string of the molecule is CN(C)CCN1C(=O)N[C@@](CCc2ccccc2)(C2CCN(C(=O)COc3ccccc3)CC2)C1=O. The zero-order valence-electron chi connectivity index (χ0n) is 21.2. The first kappa shape index (κ1) is 25.7. The van der Waals surface area contributed by atoms with Crippen molar-refractivity contribution in [1.82, 2.24) is 20.0 Å². The van der Waals surface area contributed by atoms with E-state index in [0.29, 0.717) is 57.6 Å². The highest BCUT2D eigenvalue weighted by molar-refractivity contribution is 6.07. The van der Waals surface area contributed by atoms with Crippen molar-refractivity contribution in [3.63, 3.8) is 0 Å². The summed E-state index contributed by atoms with van der Waals surface area (Å²) in [7, 11) is 3.85. The number of urea groups is 1. The molecule has 2 aromatic rings. The Balaban J connectivity index is 1.43. The molecule has 4 rings (SSSR count). The van der Waals surface area contributed by atoms with Crippen molar-refractivity contribution in [2.24, 2.45) is 5.92 Å². The standard InChI is InChI=1S/C28H36N4O4/c1-30(2)19-20-32-26(34)28(29-27(32)35,16-13-22-9-5-3-6-10-22)23-14-17-31(18-15-23)25(33)21-36-24-11-7-4-8-12-24/h3-12,23H,13-21H2,1-2H3,(H,29,35)/t28-/m0/s1. The minimum Gasteiger partial charge on any atom is -0.484 e. The highest BCUT2D eigenvalue weighted by atomic mass is 16.5. The summed E-state index contributed by atoms with van der Waals surface area (Å²) in [4.78, 5) is 44.6. The number of likely N-dealkylation sites (N-methyl/N-ethyl adjacent to an activating group) is 1. The van der Waals surface area contributed by atoms with E-state index >= 15 is 0 Å². The number of nitrogens with one attached hydrogen (secondary N) is 1. The fourth-order valence-electron chi connectivity index (χ4n) is 5.16. The van der Waals surface area contributed by atoms with E-state index in [2.05, 4.69) is 5.32 Å². The Hall–Kier alpha value is -3.39. The van der Waals surface area contributed by atoms with Crippen LogP contribution < -0.4 is 10.1 Å². The first-order chi connectivity index (χ1) is 17.4. The zero-order chi connectivity index (χ0) is 25.5. The molecule has 8 nitrogen and oxygen atoms in total. The van der Waals surface area contributed by atoms with Gasteiger partial charge in [0.1, 0.15) is 11.3 Å². The number of carbonyl (C=O) groups is 3. The molecular weight excluding hydrogens is 456 g/mol. The normalized spacial score (nSPS) is 20.6. The molecule has 4 amide bonds. The van der Waals surface area contributed by atoms with Crippen LogP contribution in [0.2, 0.25) is 0 Å². The van der Waals surface area contributed by atoms with Crippen molar-refractivity contribution in [3.05, 3.63) is 66.2 Å². The molecule has 0 aromatic heterocycles. The van der Waals surface area contributed by atoms with Crippen molar-refractivity contribution < 1.29 is 19.1 Å². The van der Waals surface area contributed by atoms with Crippen LogP contribution in [-0.2, 0) is 16.0 Å². The predicted octanol–water partition coefficient (Wildman–Crippen LogP) is 2.79. The number of amides is 4. The Kier molecular flexibility index (Phi) is 8.25. The molecule has 2 aliphatic rings. The Morgan fingerprint density at radius 2 is 1.67 bits per heavy atom. The molecule has 1 atom stereocenters. The minimum atomic E-state index is -0.949. The Morgan fingerprint density at radius 1 is 1.03 bits per heavy atom. The summed E-state index contributed by atoms with van der Waals surface area (Å²) in [5, 5.41) is 3.11. The number of rotatable bonds is 10. The van der Waals surface area contributed by atoms with Gasteiger partial charge in [-0.2, -0.15) is 0 Å². The number of imide groups is 1. The number of nitrogens with zero attached hydrogens (tertiary/aromatic N) is 3. The molecule has 192 valence electrons. The van der Waals surface area contributed by atoms with Crippen molar-refractivity contribution in [1.29, 1.82) is 0 Å². The Labute approximate surface area is 213 Å². The molecule has 2 fully saturated rings. The molecule has 2 aliphatic heterocycles. The molecule has 0 radical (unpaired) electrons. The predicted molar refractivity (Wildman–Crippen MR) is 138 cm³/mol. The number of carbonyl (C=O) groups excluding carboxylic acids is 3. The lowest BCUT2D eigenvalue weighted by Crippen LogP contribution is -2.57. The van der Waals surface area contributed by atoms with Crippen LogP contribution in [0.15, 0.2) is 60.7 Å². The highest BCUT2D eigenvalue weighted by Crippen LogP contribution is 2.37. The number of para-hydroxylation sites is 1. The molecule has 0 saturated carbocycles. The summed E-state index contributed by atoms with van der Waals surface area (Å²) in [6.07, 6.45) is 2.53. The van der Waals surface area contributed by atoms with E-state index in [0.717, 1.165) is 5.56 Å². The van der Waals surface area contributed by atoms with Gasteiger partial charge < -0.3 is 19.9 Å². The number of hydrogen-bond acceptors (Lipinski definition) is 5. The van der Waals surface area contributed by atoms with Crippen LogP contribution in [-0.4, -0.2) is 85.0 Å². The molecule has 0 unspecified atom stereocenters. The fourth-order valence-corrected chi connectivity index (χ4v) is 5.16. The van der Waals surface area contributed by atoms with Crippen LogP contribution >= 0.6 is 0 Å². The van der Waals surface area contributed by atoms with E-state index < -0.39 is 5.54 Å². The van der Waals surface area contributed by atoms with Crippen molar-refractivity contribution in [2.75, 3.05) is 46.9 Å². The molecule has 0 spiro atoms. The summed E-state index contributed by atoms with van der Waals surface area (Å²) in [6.45, 7) is 2.04. The van der Waals surface area contributed by atoms with E-state index in [1.165, 1.54) is 4.90 Å². The number of hydrogen-bond donors (Lipinski definition) is 1. The smallest absolute Gasteiger partial charge is 0.325 e. The second kappa shape index (κ2) is 11.6. The topological polar surface area (TPSA) is 82.2 Å². The summed E-state index contributed by atoms with van der Waals surface area (Å²) in [5.41, 5.74) is 0.186. The van der Waals surface area contributed by atoms with Crippen LogP contribution in [0.5, 0.6) is 5.75 Å². The number of aryl methyl sites for hydroxylation is 1. The monoisotopic (exact) mass is 492 g/mol. The third-order valence-corrected chi connectivity index (χ3v) is 7.27. The van der Waals surface area contributed by atoms with Crippen LogP contribution in [0.25, 0.3) is 0 Å². The van der Waals surface area contributed by atoms with Gasteiger partial charge >= 0.3 is 6.03 Å². The molecule has 0 bridgehead atoms. The molecule has 2 heterocycles. The Bertz CT molecular complexity index is 1040. The molecule has 2 aromatic carbocycles. The average molecular weight is 493 g/mol. The van der Waals surface area contributed by atoms with Crippen LogP contribution in [0.3, 0.4) is 0 Å². The van der Waals surface area contributed by atoms with Gasteiger partial charge in [-0.25, -0.2) is 4.79 Å². The van der Waals surface area contributed by atoms with E-state index in [-0.39, 0.29) is 30.4 Å². The Morgan fingerprint density at radius 3 is 2.31 bits per heavy atom.